The van der Waals surface area contributed by atoms with E-state index in [2.05, 4.69) is 10.1 Å². The summed E-state index contributed by atoms with van der Waals surface area (Å²) in [7, 11) is 0. The summed E-state index contributed by atoms with van der Waals surface area (Å²) in [4.78, 5) is 16.9. The van der Waals surface area contributed by atoms with E-state index in [1.807, 2.05) is 24.3 Å². The predicted octanol–water partition coefficient (Wildman–Crippen LogP) is 5.68. The second-order valence-corrected chi connectivity index (χ2v) is 8.18. The number of piperazine rings is 1. The zero-order chi connectivity index (χ0) is 20.4. The van der Waals surface area contributed by atoms with Gasteiger partial charge in [0.1, 0.15) is 0 Å². The Labute approximate surface area is 195 Å². The molecule has 4 rings (SSSR count). The van der Waals surface area contributed by atoms with Gasteiger partial charge < -0.3 is 9.42 Å². The molecule has 0 radical (unpaired) electrons. The average molecular weight is 487 g/mol. The van der Waals surface area contributed by atoms with Gasteiger partial charge in [-0.25, -0.2) is 0 Å². The quantitative estimate of drug-likeness (QED) is 0.475. The minimum atomic E-state index is -0.142. The zero-order valence-corrected chi connectivity index (χ0v) is 18.9. The number of nitrogens with zero attached hydrogens (tertiary/aromatic N) is 3. The first kappa shape index (κ1) is 22.9. The van der Waals surface area contributed by atoms with E-state index in [4.69, 9.17) is 39.3 Å². The van der Waals surface area contributed by atoms with Crippen LogP contribution >= 0.6 is 47.2 Å². The van der Waals surface area contributed by atoms with Crippen molar-refractivity contribution >= 4 is 53.1 Å². The van der Waals surface area contributed by atoms with Crippen molar-refractivity contribution in [2.24, 2.45) is 0 Å². The van der Waals surface area contributed by atoms with Crippen molar-refractivity contribution in [3.63, 3.8) is 0 Å². The third-order valence-electron chi connectivity index (χ3n) is 4.90. The predicted molar refractivity (Wildman–Crippen MR) is 122 cm³/mol. The van der Waals surface area contributed by atoms with Gasteiger partial charge in [0.25, 0.3) is 5.91 Å². The largest absolute Gasteiger partial charge is 0.355 e. The van der Waals surface area contributed by atoms with Crippen LogP contribution in [0.3, 0.4) is 0 Å². The molecule has 0 aliphatic carbocycles. The maximum Gasteiger partial charge on any atom is 0.276 e. The Hall–Kier alpha value is -1.76. The molecule has 30 heavy (non-hydrogen) atoms. The maximum atomic E-state index is 12.8. The highest BCUT2D eigenvalue weighted by Crippen LogP contribution is 2.31. The number of halogens is 4. The molecule has 158 valence electrons. The Balaban J connectivity index is 0.00000256. The van der Waals surface area contributed by atoms with Crippen LogP contribution in [0.4, 0.5) is 0 Å². The van der Waals surface area contributed by atoms with Gasteiger partial charge in [0.2, 0.25) is 0 Å². The van der Waals surface area contributed by atoms with E-state index in [-0.39, 0.29) is 24.0 Å². The van der Waals surface area contributed by atoms with Crippen molar-refractivity contribution in [1.29, 1.82) is 0 Å². The minimum Gasteiger partial charge on any atom is -0.355 e. The van der Waals surface area contributed by atoms with Crippen molar-refractivity contribution in [3.05, 3.63) is 74.9 Å². The number of benzene rings is 2. The normalized spacial score (nSPS) is 14.4. The fraction of sp³-hybridized carbons (Fsp3) is 0.238. The molecule has 3 aromatic rings. The first-order valence-corrected chi connectivity index (χ1v) is 10.3. The molecule has 0 saturated carbocycles. The highest BCUT2D eigenvalue weighted by molar-refractivity contribution is 6.36. The summed E-state index contributed by atoms with van der Waals surface area (Å²) in [5.41, 5.74) is 2.13. The average Bonchev–Trinajstić information content (AvgIpc) is 3.20. The van der Waals surface area contributed by atoms with E-state index in [1.165, 1.54) is 5.56 Å². The maximum absolute atomic E-state index is 12.8. The van der Waals surface area contributed by atoms with Crippen molar-refractivity contribution in [2.75, 3.05) is 26.2 Å². The van der Waals surface area contributed by atoms with Crippen LogP contribution in [0.15, 0.2) is 53.1 Å². The lowest BCUT2D eigenvalue weighted by atomic mass is 10.1. The molecule has 0 bridgehead atoms. The number of hydrogen-bond acceptors (Lipinski definition) is 4. The van der Waals surface area contributed by atoms with Crippen LogP contribution in [0.25, 0.3) is 11.3 Å². The second-order valence-electron chi connectivity index (χ2n) is 6.90. The highest BCUT2D eigenvalue weighted by atomic mass is 35.5. The van der Waals surface area contributed by atoms with E-state index in [0.717, 1.165) is 24.7 Å². The highest BCUT2D eigenvalue weighted by Gasteiger charge is 2.25. The lowest BCUT2D eigenvalue weighted by Gasteiger charge is -2.34. The molecule has 0 spiro atoms. The number of amides is 1. The van der Waals surface area contributed by atoms with Gasteiger partial charge in [-0.3, -0.25) is 9.69 Å². The number of carbonyl (C=O) groups is 1. The van der Waals surface area contributed by atoms with Gasteiger partial charge in [0.05, 0.1) is 5.02 Å². The third kappa shape index (κ3) is 5.29. The van der Waals surface area contributed by atoms with Crippen LogP contribution < -0.4 is 0 Å². The van der Waals surface area contributed by atoms with E-state index in [9.17, 15) is 4.79 Å². The molecule has 1 amide bonds. The van der Waals surface area contributed by atoms with Gasteiger partial charge in [-0.2, -0.15) is 0 Å². The molecule has 9 heteroatoms. The summed E-state index contributed by atoms with van der Waals surface area (Å²) in [5, 5.41) is 5.66. The molecular formula is C21H19Cl4N3O2. The fourth-order valence-electron chi connectivity index (χ4n) is 3.31. The van der Waals surface area contributed by atoms with Gasteiger partial charge in [-0.1, -0.05) is 52.1 Å². The summed E-state index contributed by atoms with van der Waals surface area (Å²) < 4.78 is 5.35. The van der Waals surface area contributed by atoms with Crippen LogP contribution in [0.1, 0.15) is 16.1 Å². The van der Waals surface area contributed by atoms with Crippen molar-refractivity contribution in [1.82, 2.24) is 15.0 Å². The minimum absolute atomic E-state index is 0. The van der Waals surface area contributed by atoms with Crippen LogP contribution in [0, 0.1) is 0 Å². The first-order chi connectivity index (χ1) is 14.0. The summed E-state index contributed by atoms with van der Waals surface area (Å²) in [6.07, 6.45) is 0. The number of hydrogen-bond donors (Lipinski definition) is 0. The van der Waals surface area contributed by atoms with E-state index in [0.29, 0.717) is 34.5 Å². The van der Waals surface area contributed by atoms with Crippen molar-refractivity contribution in [2.45, 2.75) is 6.54 Å². The molecule has 1 aliphatic heterocycles. The molecule has 1 aromatic heterocycles. The molecule has 0 atom stereocenters. The lowest BCUT2D eigenvalue weighted by Crippen LogP contribution is -2.48. The molecule has 0 unspecified atom stereocenters. The SMILES string of the molecule is Cl.O=C(c1cc(-c2ccc(Cl)cc2Cl)on1)N1CCN(Cc2ccc(Cl)cc2)CC1. The van der Waals surface area contributed by atoms with Crippen LogP contribution in [0.5, 0.6) is 0 Å². The Morgan fingerprint density at radius 3 is 2.27 bits per heavy atom. The first-order valence-electron chi connectivity index (χ1n) is 9.18. The van der Waals surface area contributed by atoms with Crippen molar-refractivity contribution in [3.8, 4) is 11.3 Å². The monoisotopic (exact) mass is 485 g/mol. The Bertz CT molecular complexity index is 1020. The van der Waals surface area contributed by atoms with E-state index < -0.39 is 0 Å². The number of carbonyl (C=O) groups excluding carboxylic acids is 1. The smallest absolute Gasteiger partial charge is 0.276 e. The Morgan fingerprint density at radius 2 is 1.60 bits per heavy atom. The molecular weight excluding hydrogens is 468 g/mol. The fourth-order valence-corrected chi connectivity index (χ4v) is 3.94. The Morgan fingerprint density at radius 1 is 0.933 bits per heavy atom. The van der Waals surface area contributed by atoms with Gasteiger partial charge in [0.15, 0.2) is 11.5 Å². The molecule has 0 N–H and O–H groups in total. The van der Waals surface area contributed by atoms with Crippen molar-refractivity contribution < 1.29 is 9.32 Å². The second kappa shape index (κ2) is 10.0. The van der Waals surface area contributed by atoms with Gasteiger partial charge in [-0.05, 0) is 35.9 Å². The van der Waals surface area contributed by atoms with Crippen LogP contribution in [-0.2, 0) is 6.54 Å². The van der Waals surface area contributed by atoms with E-state index >= 15 is 0 Å². The van der Waals surface area contributed by atoms with Crippen LogP contribution in [-0.4, -0.2) is 47.0 Å². The summed E-state index contributed by atoms with van der Waals surface area (Å²) in [6, 6.07) is 14.6. The summed E-state index contributed by atoms with van der Waals surface area (Å²) in [6.45, 7) is 3.69. The molecule has 1 fully saturated rings. The molecule has 2 heterocycles. The molecule has 2 aromatic carbocycles. The van der Waals surface area contributed by atoms with E-state index in [1.54, 1.807) is 29.2 Å². The standard InChI is InChI=1S/C21H18Cl3N3O2.ClH/c22-15-3-1-14(2-4-15)13-26-7-9-27(10-8-26)21(28)19-12-20(29-25-19)17-6-5-16(23)11-18(17)24;/h1-6,11-12H,7-10,13H2;1H. The summed E-state index contributed by atoms with van der Waals surface area (Å²) >= 11 is 18.1. The third-order valence-corrected chi connectivity index (χ3v) is 5.70. The topological polar surface area (TPSA) is 49.6 Å². The molecule has 1 saturated heterocycles. The van der Waals surface area contributed by atoms with Crippen LogP contribution in [0.2, 0.25) is 15.1 Å². The van der Waals surface area contributed by atoms with Gasteiger partial charge in [0, 0.05) is 54.4 Å². The summed E-state index contributed by atoms with van der Waals surface area (Å²) in [5.74, 6) is 0.299. The number of aromatic nitrogens is 1. The number of rotatable bonds is 4. The Kier molecular flexibility index (Phi) is 7.66. The van der Waals surface area contributed by atoms with Gasteiger partial charge in [-0.15, -0.1) is 12.4 Å². The lowest BCUT2D eigenvalue weighted by molar-refractivity contribution is 0.0618. The van der Waals surface area contributed by atoms with Gasteiger partial charge >= 0.3 is 0 Å². The molecule has 5 nitrogen and oxygen atoms in total. The molecule has 1 aliphatic rings. The zero-order valence-electron chi connectivity index (χ0n) is 15.9.